The van der Waals surface area contributed by atoms with Gasteiger partial charge in [0.1, 0.15) is 5.75 Å². The Balaban J connectivity index is 2.86. The van der Waals surface area contributed by atoms with Crippen LogP contribution >= 0.6 is 0 Å². The van der Waals surface area contributed by atoms with Crippen LogP contribution in [0.25, 0.3) is 0 Å². The van der Waals surface area contributed by atoms with Crippen molar-refractivity contribution in [3.8, 4) is 5.75 Å². The number of alkyl halides is 2. The third kappa shape index (κ3) is 4.45. The van der Waals surface area contributed by atoms with E-state index >= 15 is 0 Å². The van der Waals surface area contributed by atoms with E-state index in [2.05, 4.69) is 10.1 Å². The summed E-state index contributed by atoms with van der Waals surface area (Å²) in [5.41, 5.74) is 6.37. The molecule has 3 N–H and O–H groups in total. The second kappa shape index (κ2) is 6.17. The number of carbonyl (C=O) groups is 1. The first kappa shape index (κ1) is 16.4. The van der Waals surface area contributed by atoms with Gasteiger partial charge in [-0.2, -0.15) is 8.78 Å². The molecular formula is C14H20F2N2O2. The van der Waals surface area contributed by atoms with Crippen molar-refractivity contribution in [2.24, 2.45) is 11.1 Å². The van der Waals surface area contributed by atoms with Crippen molar-refractivity contribution in [3.05, 3.63) is 23.8 Å². The van der Waals surface area contributed by atoms with Crippen LogP contribution in [0.3, 0.4) is 0 Å². The van der Waals surface area contributed by atoms with E-state index in [1.54, 1.807) is 19.1 Å². The number of hydrogen-bond donors (Lipinski definition) is 2. The van der Waals surface area contributed by atoms with E-state index in [1.807, 2.05) is 20.8 Å². The van der Waals surface area contributed by atoms with Gasteiger partial charge in [0.05, 0.1) is 6.04 Å². The predicted octanol–water partition coefficient (Wildman–Crippen LogP) is 2.91. The van der Waals surface area contributed by atoms with Gasteiger partial charge in [0, 0.05) is 11.8 Å². The lowest BCUT2D eigenvalue weighted by atomic mass is 9.87. The molecule has 1 aromatic rings. The number of rotatable bonds is 4. The number of anilines is 1. The highest BCUT2D eigenvalue weighted by Crippen LogP contribution is 2.25. The topological polar surface area (TPSA) is 64.4 Å². The van der Waals surface area contributed by atoms with Crippen molar-refractivity contribution in [2.45, 2.75) is 40.3 Å². The zero-order valence-electron chi connectivity index (χ0n) is 12.0. The maximum atomic E-state index is 12.2. The molecule has 0 radical (unpaired) electrons. The molecule has 0 unspecified atom stereocenters. The number of benzene rings is 1. The molecule has 0 aliphatic carbocycles. The average Bonchev–Trinajstić information content (AvgIpc) is 2.30. The second-order valence-corrected chi connectivity index (χ2v) is 5.69. The standard InChI is InChI=1S/C14H20F2N2O2/c1-8-5-6-9(7-10(8)20-13(15)16)18-12(19)11(17)14(2,3)4/h5-7,11,13H,17H2,1-4H3,(H,18,19)/t11-/m1/s1. The summed E-state index contributed by atoms with van der Waals surface area (Å²) in [6.45, 7) is 4.27. The van der Waals surface area contributed by atoms with Crippen molar-refractivity contribution in [2.75, 3.05) is 5.32 Å². The maximum absolute atomic E-state index is 12.2. The molecule has 0 bridgehead atoms. The Hall–Kier alpha value is -1.69. The Labute approximate surface area is 117 Å². The van der Waals surface area contributed by atoms with Crippen molar-refractivity contribution in [1.29, 1.82) is 0 Å². The summed E-state index contributed by atoms with van der Waals surface area (Å²) in [7, 11) is 0. The van der Waals surface area contributed by atoms with Crippen LogP contribution in [0.15, 0.2) is 18.2 Å². The summed E-state index contributed by atoms with van der Waals surface area (Å²) in [6, 6.07) is 3.86. The molecule has 0 aliphatic rings. The molecule has 1 rings (SSSR count). The van der Waals surface area contributed by atoms with Crippen LogP contribution in [0.5, 0.6) is 5.75 Å². The summed E-state index contributed by atoms with van der Waals surface area (Å²) < 4.78 is 28.9. The first-order valence-corrected chi connectivity index (χ1v) is 6.23. The number of halogens is 2. The smallest absolute Gasteiger partial charge is 0.387 e. The third-order valence-corrected chi connectivity index (χ3v) is 2.89. The highest BCUT2D eigenvalue weighted by Gasteiger charge is 2.27. The van der Waals surface area contributed by atoms with E-state index in [0.717, 1.165) is 0 Å². The number of ether oxygens (including phenoxy) is 1. The Kier molecular flexibility index (Phi) is 5.05. The summed E-state index contributed by atoms with van der Waals surface area (Å²) in [6.07, 6.45) is 0. The minimum absolute atomic E-state index is 0.0298. The van der Waals surface area contributed by atoms with E-state index in [-0.39, 0.29) is 11.7 Å². The van der Waals surface area contributed by atoms with Crippen LogP contribution in [0.2, 0.25) is 0 Å². The number of amides is 1. The molecule has 0 aromatic heterocycles. The molecule has 0 saturated heterocycles. The van der Waals surface area contributed by atoms with Crippen LogP contribution in [0.1, 0.15) is 26.3 Å². The fraction of sp³-hybridized carbons (Fsp3) is 0.500. The molecule has 20 heavy (non-hydrogen) atoms. The molecule has 1 atom stereocenters. The second-order valence-electron chi connectivity index (χ2n) is 5.69. The molecule has 6 heteroatoms. The lowest BCUT2D eigenvalue weighted by Crippen LogP contribution is -2.45. The number of hydrogen-bond acceptors (Lipinski definition) is 3. The molecule has 0 aliphatic heterocycles. The first-order chi connectivity index (χ1) is 9.11. The summed E-state index contributed by atoms with van der Waals surface area (Å²) in [5, 5.41) is 2.60. The summed E-state index contributed by atoms with van der Waals surface area (Å²) in [5.74, 6) is -0.341. The van der Waals surface area contributed by atoms with Crippen molar-refractivity contribution in [1.82, 2.24) is 0 Å². The third-order valence-electron chi connectivity index (χ3n) is 2.89. The molecule has 0 heterocycles. The van der Waals surface area contributed by atoms with E-state index < -0.39 is 18.1 Å². The van der Waals surface area contributed by atoms with Gasteiger partial charge < -0.3 is 15.8 Å². The summed E-state index contributed by atoms with van der Waals surface area (Å²) in [4.78, 5) is 12.0. The molecule has 112 valence electrons. The van der Waals surface area contributed by atoms with Gasteiger partial charge in [0.2, 0.25) is 5.91 Å². The summed E-state index contributed by atoms with van der Waals surface area (Å²) >= 11 is 0. The molecule has 1 amide bonds. The van der Waals surface area contributed by atoms with Gasteiger partial charge in [-0.3, -0.25) is 4.79 Å². The Morgan fingerprint density at radius 3 is 2.45 bits per heavy atom. The fourth-order valence-corrected chi connectivity index (χ4v) is 1.51. The predicted molar refractivity (Wildman–Crippen MR) is 73.9 cm³/mol. The molecule has 0 saturated carbocycles. The highest BCUT2D eigenvalue weighted by atomic mass is 19.3. The van der Waals surface area contributed by atoms with Gasteiger partial charge in [-0.1, -0.05) is 26.8 Å². The Morgan fingerprint density at radius 2 is 1.95 bits per heavy atom. The van der Waals surface area contributed by atoms with Crippen molar-refractivity contribution in [3.63, 3.8) is 0 Å². The van der Waals surface area contributed by atoms with Crippen LogP contribution in [0, 0.1) is 12.3 Å². The highest BCUT2D eigenvalue weighted by molar-refractivity contribution is 5.95. The minimum Gasteiger partial charge on any atom is -0.434 e. The number of aryl methyl sites for hydroxylation is 1. The number of nitrogens with two attached hydrogens (primary N) is 1. The van der Waals surface area contributed by atoms with E-state index in [0.29, 0.717) is 11.3 Å². The Bertz CT molecular complexity index is 485. The van der Waals surface area contributed by atoms with Crippen LogP contribution in [-0.2, 0) is 4.79 Å². The number of carbonyl (C=O) groups excluding carboxylic acids is 1. The molecule has 0 fully saturated rings. The SMILES string of the molecule is Cc1ccc(NC(=O)[C@@H](N)C(C)(C)C)cc1OC(F)F. The monoisotopic (exact) mass is 286 g/mol. The van der Waals surface area contributed by atoms with E-state index in [1.165, 1.54) is 6.07 Å². The molecule has 4 nitrogen and oxygen atoms in total. The van der Waals surface area contributed by atoms with Crippen LogP contribution < -0.4 is 15.8 Å². The van der Waals surface area contributed by atoms with Gasteiger partial charge >= 0.3 is 6.61 Å². The van der Waals surface area contributed by atoms with Crippen molar-refractivity contribution < 1.29 is 18.3 Å². The van der Waals surface area contributed by atoms with Gasteiger partial charge in [-0.15, -0.1) is 0 Å². The molecule has 0 spiro atoms. The fourth-order valence-electron chi connectivity index (χ4n) is 1.51. The zero-order chi connectivity index (χ0) is 15.5. The molecular weight excluding hydrogens is 266 g/mol. The minimum atomic E-state index is -2.91. The lowest BCUT2D eigenvalue weighted by Gasteiger charge is -2.25. The maximum Gasteiger partial charge on any atom is 0.387 e. The molecule has 1 aromatic carbocycles. The van der Waals surface area contributed by atoms with Crippen molar-refractivity contribution >= 4 is 11.6 Å². The number of nitrogens with one attached hydrogen (secondary N) is 1. The lowest BCUT2D eigenvalue weighted by molar-refractivity contribution is -0.119. The van der Waals surface area contributed by atoms with Gasteiger partial charge in [0.15, 0.2) is 0 Å². The normalized spacial score (nSPS) is 13.2. The zero-order valence-corrected chi connectivity index (χ0v) is 12.0. The average molecular weight is 286 g/mol. The Morgan fingerprint density at radius 1 is 1.35 bits per heavy atom. The van der Waals surface area contributed by atoms with E-state index in [9.17, 15) is 13.6 Å². The van der Waals surface area contributed by atoms with Crippen LogP contribution in [-0.4, -0.2) is 18.6 Å². The van der Waals surface area contributed by atoms with Gasteiger partial charge in [0.25, 0.3) is 0 Å². The van der Waals surface area contributed by atoms with E-state index in [4.69, 9.17) is 5.73 Å². The largest absolute Gasteiger partial charge is 0.434 e. The van der Waals surface area contributed by atoms with Gasteiger partial charge in [-0.05, 0) is 24.0 Å². The van der Waals surface area contributed by atoms with Crippen LogP contribution in [0.4, 0.5) is 14.5 Å². The quantitative estimate of drug-likeness (QED) is 0.894. The van der Waals surface area contributed by atoms with Gasteiger partial charge in [-0.25, -0.2) is 0 Å². The first-order valence-electron chi connectivity index (χ1n) is 6.23.